The molecule has 0 radical (unpaired) electrons. The van der Waals surface area contributed by atoms with Crippen LogP contribution in [0.5, 0.6) is 5.75 Å². The number of hydrogen-bond donors (Lipinski definition) is 1. The number of thioether (sulfide) groups is 1. The molecular formula is C12H16BrNOS. The molecule has 2 rings (SSSR count). The van der Waals surface area contributed by atoms with Crippen molar-refractivity contribution in [1.29, 1.82) is 0 Å². The van der Waals surface area contributed by atoms with Gasteiger partial charge >= 0.3 is 0 Å². The Morgan fingerprint density at radius 2 is 2.12 bits per heavy atom. The van der Waals surface area contributed by atoms with E-state index in [0.29, 0.717) is 0 Å². The van der Waals surface area contributed by atoms with E-state index in [4.69, 9.17) is 10.5 Å². The zero-order chi connectivity index (χ0) is 11.8. The lowest BCUT2D eigenvalue weighted by Gasteiger charge is -2.39. The van der Waals surface area contributed by atoms with Crippen molar-refractivity contribution in [2.45, 2.75) is 29.7 Å². The highest BCUT2D eigenvalue weighted by atomic mass is 79.9. The lowest BCUT2D eigenvalue weighted by molar-refractivity contribution is 0.252. The summed E-state index contributed by atoms with van der Waals surface area (Å²) < 4.78 is 6.37. The van der Waals surface area contributed by atoms with Gasteiger partial charge in [0.25, 0.3) is 0 Å². The molecule has 1 aromatic rings. The zero-order valence-electron chi connectivity index (χ0n) is 9.55. The Labute approximate surface area is 109 Å². The molecule has 0 saturated heterocycles. The molecular weight excluding hydrogens is 286 g/mol. The highest BCUT2D eigenvalue weighted by molar-refractivity contribution is 9.10. The third-order valence-corrected chi connectivity index (χ3v) is 4.59. The summed E-state index contributed by atoms with van der Waals surface area (Å²) in [5.41, 5.74) is 7.44. The predicted octanol–water partition coefficient (Wildman–Crippen LogP) is 3.52. The van der Waals surface area contributed by atoms with Crippen LogP contribution in [0.1, 0.15) is 24.8 Å². The van der Waals surface area contributed by atoms with Crippen LogP contribution in [-0.2, 0) is 5.54 Å². The summed E-state index contributed by atoms with van der Waals surface area (Å²) in [5, 5.41) is 0. The van der Waals surface area contributed by atoms with E-state index in [2.05, 4.69) is 34.3 Å². The van der Waals surface area contributed by atoms with Gasteiger partial charge in [-0.2, -0.15) is 0 Å². The number of nitrogens with two attached hydrogens (primary N) is 1. The second-order valence-corrected chi connectivity index (χ2v) is 5.91. The largest absolute Gasteiger partial charge is 0.494 e. The number of methoxy groups -OCH3 is 1. The molecule has 1 aromatic carbocycles. The second kappa shape index (κ2) is 4.59. The van der Waals surface area contributed by atoms with Gasteiger partial charge in [0.15, 0.2) is 0 Å². The van der Waals surface area contributed by atoms with Gasteiger partial charge in [-0.3, -0.25) is 0 Å². The van der Waals surface area contributed by atoms with E-state index in [1.165, 1.54) is 12.0 Å². The minimum absolute atomic E-state index is 0.112. The Hall–Kier alpha value is -0.190. The highest BCUT2D eigenvalue weighted by Crippen LogP contribution is 2.44. The van der Waals surface area contributed by atoms with E-state index in [9.17, 15) is 0 Å². The Morgan fingerprint density at radius 3 is 2.56 bits per heavy atom. The Kier molecular flexibility index (Phi) is 3.52. The van der Waals surface area contributed by atoms with Gasteiger partial charge < -0.3 is 10.5 Å². The zero-order valence-corrected chi connectivity index (χ0v) is 12.0. The molecule has 1 aliphatic rings. The van der Waals surface area contributed by atoms with E-state index in [1.807, 2.05) is 0 Å². The normalized spacial score (nSPS) is 18.0. The van der Waals surface area contributed by atoms with E-state index < -0.39 is 0 Å². The van der Waals surface area contributed by atoms with Gasteiger partial charge in [0.05, 0.1) is 16.5 Å². The van der Waals surface area contributed by atoms with E-state index in [0.717, 1.165) is 28.0 Å². The van der Waals surface area contributed by atoms with Crippen molar-refractivity contribution in [2.24, 2.45) is 5.73 Å². The fraction of sp³-hybridized carbons (Fsp3) is 0.500. The molecule has 1 fully saturated rings. The molecule has 0 aliphatic heterocycles. The molecule has 0 heterocycles. The fourth-order valence-corrected chi connectivity index (χ4v) is 3.43. The van der Waals surface area contributed by atoms with Gasteiger partial charge in [-0.15, -0.1) is 11.8 Å². The molecule has 1 saturated carbocycles. The average Bonchev–Trinajstić information content (AvgIpc) is 2.24. The van der Waals surface area contributed by atoms with Crippen molar-refractivity contribution in [1.82, 2.24) is 0 Å². The topological polar surface area (TPSA) is 35.2 Å². The first-order chi connectivity index (χ1) is 7.60. The number of hydrogen-bond acceptors (Lipinski definition) is 3. The van der Waals surface area contributed by atoms with Gasteiger partial charge in [0.2, 0.25) is 0 Å². The quantitative estimate of drug-likeness (QED) is 0.868. The first-order valence-corrected chi connectivity index (χ1v) is 7.33. The molecule has 0 amide bonds. The molecule has 0 spiro atoms. The molecule has 0 unspecified atom stereocenters. The smallest absolute Gasteiger partial charge is 0.146 e. The van der Waals surface area contributed by atoms with Gasteiger partial charge in [0.1, 0.15) is 5.75 Å². The molecule has 2 nitrogen and oxygen atoms in total. The third-order valence-electron chi connectivity index (χ3n) is 3.25. The maximum absolute atomic E-state index is 6.34. The summed E-state index contributed by atoms with van der Waals surface area (Å²) in [5.74, 6) is 0.902. The van der Waals surface area contributed by atoms with E-state index in [-0.39, 0.29) is 5.54 Å². The molecule has 2 N–H and O–H groups in total. The summed E-state index contributed by atoms with van der Waals surface area (Å²) >= 11 is 5.24. The summed E-state index contributed by atoms with van der Waals surface area (Å²) in [6.45, 7) is 0. The second-order valence-electron chi connectivity index (χ2n) is 4.20. The monoisotopic (exact) mass is 301 g/mol. The lowest BCUT2D eigenvalue weighted by atomic mass is 9.73. The molecule has 16 heavy (non-hydrogen) atoms. The van der Waals surface area contributed by atoms with Crippen molar-refractivity contribution in [3.05, 3.63) is 22.2 Å². The van der Waals surface area contributed by atoms with E-state index in [1.54, 1.807) is 18.9 Å². The SMILES string of the molecule is COc1c(Br)cc(C2(N)CCC2)cc1SC. The fourth-order valence-electron chi connectivity index (χ4n) is 2.05. The highest BCUT2D eigenvalue weighted by Gasteiger charge is 2.35. The minimum atomic E-state index is -0.112. The van der Waals surface area contributed by atoms with Crippen LogP contribution in [0.2, 0.25) is 0 Å². The van der Waals surface area contributed by atoms with Crippen LogP contribution < -0.4 is 10.5 Å². The van der Waals surface area contributed by atoms with Crippen LogP contribution in [0.3, 0.4) is 0 Å². The van der Waals surface area contributed by atoms with Crippen LogP contribution in [0.25, 0.3) is 0 Å². The molecule has 4 heteroatoms. The van der Waals surface area contributed by atoms with Crippen molar-refractivity contribution in [2.75, 3.05) is 13.4 Å². The number of ether oxygens (including phenoxy) is 1. The molecule has 0 aromatic heterocycles. The molecule has 0 atom stereocenters. The molecule has 88 valence electrons. The Morgan fingerprint density at radius 1 is 1.44 bits per heavy atom. The Bertz CT molecular complexity index is 404. The Balaban J connectivity index is 2.45. The first kappa shape index (κ1) is 12.3. The minimum Gasteiger partial charge on any atom is -0.494 e. The van der Waals surface area contributed by atoms with Crippen molar-refractivity contribution in [3.8, 4) is 5.75 Å². The summed E-state index contributed by atoms with van der Waals surface area (Å²) in [4.78, 5) is 1.14. The number of rotatable bonds is 3. The summed E-state index contributed by atoms with van der Waals surface area (Å²) in [6.07, 6.45) is 5.45. The summed E-state index contributed by atoms with van der Waals surface area (Å²) in [7, 11) is 1.70. The standard InChI is InChI=1S/C12H16BrNOS/c1-15-11-9(13)6-8(7-10(11)16-2)12(14)4-3-5-12/h6-7H,3-5,14H2,1-2H3. The van der Waals surface area contributed by atoms with Crippen LogP contribution >= 0.6 is 27.7 Å². The predicted molar refractivity (Wildman–Crippen MR) is 72.2 cm³/mol. The van der Waals surface area contributed by atoms with Gasteiger partial charge in [0, 0.05) is 5.54 Å². The van der Waals surface area contributed by atoms with Crippen LogP contribution in [0, 0.1) is 0 Å². The maximum atomic E-state index is 6.34. The van der Waals surface area contributed by atoms with Crippen molar-refractivity contribution in [3.63, 3.8) is 0 Å². The first-order valence-electron chi connectivity index (χ1n) is 5.31. The average molecular weight is 302 g/mol. The van der Waals surface area contributed by atoms with Crippen LogP contribution in [0.15, 0.2) is 21.5 Å². The molecule has 1 aliphatic carbocycles. The van der Waals surface area contributed by atoms with Gasteiger partial charge in [-0.05, 0) is 59.1 Å². The third kappa shape index (κ3) is 1.98. The lowest BCUT2D eigenvalue weighted by Crippen LogP contribution is -2.43. The van der Waals surface area contributed by atoms with Crippen molar-refractivity contribution < 1.29 is 4.74 Å². The van der Waals surface area contributed by atoms with Crippen LogP contribution in [-0.4, -0.2) is 13.4 Å². The number of halogens is 1. The van der Waals surface area contributed by atoms with Crippen LogP contribution in [0.4, 0.5) is 0 Å². The summed E-state index contributed by atoms with van der Waals surface area (Å²) in [6, 6.07) is 4.26. The van der Waals surface area contributed by atoms with Gasteiger partial charge in [-0.1, -0.05) is 0 Å². The number of benzene rings is 1. The van der Waals surface area contributed by atoms with Gasteiger partial charge in [-0.25, -0.2) is 0 Å². The maximum Gasteiger partial charge on any atom is 0.146 e. The van der Waals surface area contributed by atoms with E-state index >= 15 is 0 Å². The van der Waals surface area contributed by atoms with Crippen molar-refractivity contribution >= 4 is 27.7 Å². The molecule has 0 bridgehead atoms.